The summed E-state index contributed by atoms with van der Waals surface area (Å²) in [6.45, 7) is -0.0295. The number of ether oxygens (including phenoxy) is 1. The molecule has 2 heterocycles. The van der Waals surface area contributed by atoms with Gasteiger partial charge >= 0.3 is 5.97 Å². The SMILES string of the molecule is CSc1ccc(/C=C/C(=O)OCc2cc(=O)n3ccsc3n2)cc1. The summed E-state index contributed by atoms with van der Waals surface area (Å²) in [5.74, 6) is -0.475. The highest BCUT2D eigenvalue weighted by atomic mass is 32.2. The van der Waals surface area contributed by atoms with Gasteiger partial charge in [0.1, 0.15) is 6.61 Å². The van der Waals surface area contributed by atoms with Crippen molar-refractivity contribution in [3.8, 4) is 0 Å². The average molecular weight is 358 g/mol. The fourth-order valence-electron chi connectivity index (χ4n) is 2.03. The number of aromatic nitrogens is 2. The number of esters is 1. The van der Waals surface area contributed by atoms with E-state index in [4.69, 9.17) is 4.74 Å². The first-order chi connectivity index (χ1) is 11.7. The molecule has 0 bridgehead atoms. The second-order valence-electron chi connectivity index (χ2n) is 4.86. The van der Waals surface area contributed by atoms with Gasteiger partial charge in [-0.25, -0.2) is 9.78 Å². The second-order valence-corrected chi connectivity index (χ2v) is 6.61. The van der Waals surface area contributed by atoms with Crippen molar-refractivity contribution in [3.63, 3.8) is 0 Å². The first kappa shape index (κ1) is 16.5. The van der Waals surface area contributed by atoms with Crippen LogP contribution in [0.25, 0.3) is 11.0 Å². The lowest BCUT2D eigenvalue weighted by molar-refractivity contribution is -0.139. The van der Waals surface area contributed by atoms with Crippen LogP contribution >= 0.6 is 23.1 Å². The van der Waals surface area contributed by atoms with Gasteiger partial charge in [0, 0.05) is 28.6 Å². The zero-order chi connectivity index (χ0) is 16.9. The van der Waals surface area contributed by atoms with Crippen molar-refractivity contribution >= 4 is 40.1 Å². The van der Waals surface area contributed by atoms with Crippen molar-refractivity contribution in [2.24, 2.45) is 0 Å². The molecule has 0 spiro atoms. The molecule has 5 nitrogen and oxygen atoms in total. The molecule has 0 fully saturated rings. The van der Waals surface area contributed by atoms with Gasteiger partial charge in [-0.1, -0.05) is 12.1 Å². The smallest absolute Gasteiger partial charge is 0.331 e. The van der Waals surface area contributed by atoms with E-state index < -0.39 is 5.97 Å². The molecule has 1 aromatic carbocycles. The first-order valence-corrected chi connectivity index (χ1v) is 9.21. The molecule has 0 saturated heterocycles. The van der Waals surface area contributed by atoms with Crippen molar-refractivity contribution in [1.29, 1.82) is 0 Å². The minimum Gasteiger partial charge on any atom is -0.456 e. The molecule has 7 heteroatoms. The van der Waals surface area contributed by atoms with E-state index in [0.29, 0.717) is 10.7 Å². The summed E-state index contributed by atoms with van der Waals surface area (Å²) in [5.41, 5.74) is 1.17. The monoisotopic (exact) mass is 358 g/mol. The van der Waals surface area contributed by atoms with Crippen LogP contribution in [0.4, 0.5) is 0 Å². The molecule has 0 saturated carbocycles. The molecule has 2 aromatic heterocycles. The highest BCUT2D eigenvalue weighted by Gasteiger charge is 2.05. The van der Waals surface area contributed by atoms with Crippen molar-refractivity contribution < 1.29 is 9.53 Å². The largest absolute Gasteiger partial charge is 0.456 e. The van der Waals surface area contributed by atoms with E-state index in [9.17, 15) is 9.59 Å². The van der Waals surface area contributed by atoms with Crippen molar-refractivity contribution in [2.45, 2.75) is 11.5 Å². The third kappa shape index (κ3) is 3.93. The van der Waals surface area contributed by atoms with Crippen LogP contribution in [0.2, 0.25) is 0 Å². The predicted octanol–water partition coefficient (Wildman–Crippen LogP) is 3.23. The first-order valence-electron chi connectivity index (χ1n) is 7.10. The van der Waals surface area contributed by atoms with E-state index in [0.717, 1.165) is 10.5 Å². The average Bonchev–Trinajstić information content (AvgIpc) is 3.08. The topological polar surface area (TPSA) is 60.7 Å². The lowest BCUT2D eigenvalue weighted by atomic mass is 10.2. The number of nitrogens with zero attached hydrogens (tertiary/aromatic N) is 2. The second kappa shape index (κ2) is 7.46. The molecule has 24 heavy (non-hydrogen) atoms. The Hall–Kier alpha value is -2.38. The van der Waals surface area contributed by atoms with E-state index in [-0.39, 0.29) is 12.2 Å². The molecule has 0 aliphatic carbocycles. The Morgan fingerprint density at radius 2 is 2.17 bits per heavy atom. The highest BCUT2D eigenvalue weighted by Crippen LogP contribution is 2.15. The van der Waals surface area contributed by atoms with Gasteiger partial charge in [0.2, 0.25) is 0 Å². The number of fused-ring (bicyclic) bond motifs is 1. The van der Waals surface area contributed by atoms with Crippen molar-refractivity contribution in [2.75, 3.05) is 6.26 Å². The standard InChI is InChI=1S/C17H14N2O3S2/c1-23-14-5-2-12(3-6-14)4-7-16(21)22-11-13-10-15(20)19-8-9-24-17(19)18-13/h2-10H,11H2,1H3/b7-4+. The number of thiazole rings is 1. The van der Waals surface area contributed by atoms with Crippen molar-refractivity contribution in [1.82, 2.24) is 9.38 Å². The van der Waals surface area contributed by atoms with Gasteiger partial charge in [0.25, 0.3) is 5.56 Å². The van der Waals surface area contributed by atoms with Gasteiger partial charge in [-0.15, -0.1) is 23.1 Å². The Morgan fingerprint density at radius 1 is 1.38 bits per heavy atom. The van der Waals surface area contributed by atoms with Crippen LogP contribution in [0.1, 0.15) is 11.3 Å². The number of carbonyl (C=O) groups is 1. The summed E-state index contributed by atoms with van der Waals surface area (Å²) in [7, 11) is 0. The number of hydrogen-bond acceptors (Lipinski definition) is 6. The van der Waals surface area contributed by atoms with Gasteiger partial charge in [0.15, 0.2) is 4.96 Å². The van der Waals surface area contributed by atoms with Crippen LogP contribution in [0.5, 0.6) is 0 Å². The van der Waals surface area contributed by atoms with Crippen LogP contribution in [-0.2, 0) is 16.1 Å². The number of hydrogen-bond donors (Lipinski definition) is 0. The van der Waals surface area contributed by atoms with E-state index in [1.165, 1.54) is 27.9 Å². The fraction of sp³-hybridized carbons (Fsp3) is 0.118. The molecule has 3 rings (SSSR count). The Balaban J connectivity index is 1.61. The summed E-state index contributed by atoms with van der Waals surface area (Å²) >= 11 is 3.02. The predicted molar refractivity (Wildman–Crippen MR) is 96.4 cm³/mol. The van der Waals surface area contributed by atoms with Crippen LogP contribution in [0.3, 0.4) is 0 Å². The summed E-state index contributed by atoms with van der Waals surface area (Å²) in [6, 6.07) is 9.22. The third-order valence-corrected chi connectivity index (χ3v) is 4.75. The molecule has 0 unspecified atom stereocenters. The maximum absolute atomic E-state index is 11.8. The molecule has 3 aromatic rings. The summed E-state index contributed by atoms with van der Waals surface area (Å²) in [5, 5.41) is 1.78. The Morgan fingerprint density at radius 3 is 2.92 bits per heavy atom. The van der Waals surface area contributed by atoms with Crippen LogP contribution in [0.15, 0.2) is 57.7 Å². The summed E-state index contributed by atoms with van der Waals surface area (Å²) in [6.07, 6.45) is 6.73. The van der Waals surface area contributed by atoms with Crippen LogP contribution < -0.4 is 5.56 Å². The Bertz CT molecular complexity index is 942. The van der Waals surface area contributed by atoms with E-state index in [1.54, 1.807) is 29.4 Å². The molecular weight excluding hydrogens is 344 g/mol. The zero-order valence-electron chi connectivity index (χ0n) is 12.8. The number of rotatable bonds is 5. The molecule has 0 aliphatic rings. The third-order valence-electron chi connectivity index (χ3n) is 3.25. The highest BCUT2D eigenvalue weighted by molar-refractivity contribution is 7.98. The molecular formula is C17H14N2O3S2. The number of carbonyl (C=O) groups excluding carboxylic acids is 1. The normalized spacial score (nSPS) is 11.2. The van der Waals surface area contributed by atoms with Gasteiger partial charge < -0.3 is 4.74 Å². The quantitative estimate of drug-likeness (QED) is 0.398. The molecule has 0 atom stereocenters. The minimum atomic E-state index is -0.475. The molecule has 0 aliphatic heterocycles. The molecule has 0 N–H and O–H groups in total. The van der Waals surface area contributed by atoms with E-state index >= 15 is 0 Å². The van der Waals surface area contributed by atoms with Crippen LogP contribution in [-0.4, -0.2) is 21.6 Å². The maximum atomic E-state index is 11.8. The van der Waals surface area contributed by atoms with Gasteiger partial charge in [-0.2, -0.15) is 0 Å². The van der Waals surface area contributed by atoms with E-state index in [1.807, 2.05) is 30.5 Å². The number of benzene rings is 1. The summed E-state index contributed by atoms with van der Waals surface area (Å²) < 4.78 is 6.59. The Labute approximate surface area is 146 Å². The van der Waals surface area contributed by atoms with Gasteiger partial charge in [-0.05, 0) is 30.0 Å². The summed E-state index contributed by atoms with van der Waals surface area (Å²) in [4.78, 5) is 29.7. The van der Waals surface area contributed by atoms with Crippen LogP contribution in [0, 0.1) is 0 Å². The van der Waals surface area contributed by atoms with Crippen molar-refractivity contribution in [3.05, 3.63) is 69.6 Å². The molecule has 0 radical (unpaired) electrons. The lowest BCUT2D eigenvalue weighted by Gasteiger charge is -2.02. The van der Waals surface area contributed by atoms with E-state index in [2.05, 4.69) is 4.98 Å². The molecule has 0 amide bonds. The van der Waals surface area contributed by atoms with Gasteiger partial charge in [-0.3, -0.25) is 9.20 Å². The number of thioether (sulfide) groups is 1. The Kier molecular flexibility index (Phi) is 5.12. The minimum absolute atomic E-state index is 0.0295. The molecule has 122 valence electrons. The zero-order valence-corrected chi connectivity index (χ0v) is 14.5. The maximum Gasteiger partial charge on any atom is 0.331 e. The lowest BCUT2D eigenvalue weighted by Crippen LogP contribution is -2.14. The van der Waals surface area contributed by atoms with Gasteiger partial charge in [0.05, 0.1) is 5.69 Å². The fourth-order valence-corrected chi connectivity index (χ4v) is 3.18.